The summed E-state index contributed by atoms with van der Waals surface area (Å²) in [6.07, 6.45) is 3.65. The molecule has 2 rings (SSSR count). The van der Waals surface area contributed by atoms with Gasteiger partial charge in [0.15, 0.2) is 0 Å². The maximum Gasteiger partial charge on any atom is 0.223 e. The van der Waals surface area contributed by atoms with E-state index in [-0.39, 0.29) is 5.91 Å². The Bertz CT molecular complexity index is 386. The molecule has 0 heterocycles. The highest BCUT2D eigenvalue weighted by Crippen LogP contribution is 2.19. The molecule has 0 saturated heterocycles. The zero-order chi connectivity index (χ0) is 12.1. The fourth-order valence-electron chi connectivity index (χ4n) is 1.72. The average Bonchev–Trinajstić information content (AvgIpc) is 3.13. The molecular weight excluding hydrogens is 214 g/mol. The number of ether oxygens (including phenoxy) is 1. The first kappa shape index (κ1) is 12.0. The molecule has 92 valence electrons. The van der Waals surface area contributed by atoms with Crippen LogP contribution in [0.25, 0.3) is 0 Å². The van der Waals surface area contributed by atoms with Crippen molar-refractivity contribution in [3.63, 3.8) is 0 Å². The van der Waals surface area contributed by atoms with E-state index >= 15 is 0 Å². The Kier molecular flexibility index (Phi) is 4.02. The van der Waals surface area contributed by atoms with Crippen LogP contribution in [0.3, 0.4) is 0 Å². The highest BCUT2D eigenvalue weighted by Gasteiger charge is 2.22. The Morgan fingerprint density at radius 1 is 1.41 bits per heavy atom. The van der Waals surface area contributed by atoms with Crippen LogP contribution in [0.2, 0.25) is 0 Å². The Labute approximate surface area is 102 Å². The summed E-state index contributed by atoms with van der Waals surface area (Å²) in [4.78, 5) is 11.4. The lowest BCUT2D eigenvalue weighted by Crippen LogP contribution is -2.26. The number of para-hydroxylation sites is 1. The number of hydrogen-bond acceptors (Lipinski definition) is 2. The number of carbonyl (C=O) groups excluding carboxylic acids is 1. The summed E-state index contributed by atoms with van der Waals surface area (Å²) in [7, 11) is 0. The van der Waals surface area contributed by atoms with Gasteiger partial charge in [-0.15, -0.1) is 0 Å². The third-order valence-electron chi connectivity index (χ3n) is 2.88. The largest absolute Gasteiger partial charge is 0.493 e. The summed E-state index contributed by atoms with van der Waals surface area (Å²) >= 11 is 0. The molecule has 17 heavy (non-hydrogen) atoms. The molecule has 0 spiro atoms. The highest BCUT2D eigenvalue weighted by molar-refractivity contribution is 5.76. The van der Waals surface area contributed by atoms with Gasteiger partial charge in [-0.3, -0.25) is 4.79 Å². The Morgan fingerprint density at radius 2 is 2.18 bits per heavy atom. The van der Waals surface area contributed by atoms with Gasteiger partial charge in [0.05, 0.1) is 13.0 Å². The van der Waals surface area contributed by atoms with Crippen LogP contribution in [0, 0.1) is 0 Å². The van der Waals surface area contributed by atoms with Crippen LogP contribution in [-0.4, -0.2) is 18.6 Å². The van der Waals surface area contributed by atoms with Gasteiger partial charge in [0.1, 0.15) is 5.75 Å². The van der Waals surface area contributed by atoms with E-state index in [0.29, 0.717) is 19.1 Å². The molecule has 1 aromatic rings. The van der Waals surface area contributed by atoms with Gasteiger partial charge >= 0.3 is 0 Å². The van der Waals surface area contributed by atoms with Gasteiger partial charge in [-0.1, -0.05) is 25.1 Å². The number of nitrogens with one attached hydrogen (secondary N) is 1. The molecule has 0 aromatic heterocycles. The molecule has 1 amide bonds. The predicted molar refractivity (Wildman–Crippen MR) is 67.1 cm³/mol. The smallest absolute Gasteiger partial charge is 0.223 e. The number of amides is 1. The minimum absolute atomic E-state index is 0.0986. The fraction of sp³-hybridized carbons (Fsp3) is 0.500. The molecule has 0 radical (unpaired) electrons. The van der Waals surface area contributed by atoms with Crippen molar-refractivity contribution < 1.29 is 9.53 Å². The van der Waals surface area contributed by atoms with Crippen molar-refractivity contribution in [2.75, 3.05) is 6.61 Å². The van der Waals surface area contributed by atoms with Gasteiger partial charge in [-0.25, -0.2) is 0 Å². The second-order valence-corrected chi connectivity index (χ2v) is 4.40. The van der Waals surface area contributed by atoms with Gasteiger partial charge in [-0.2, -0.15) is 0 Å². The van der Waals surface area contributed by atoms with Crippen LogP contribution >= 0.6 is 0 Å². The molecule has 3 nitrogen and oxygen atoms in total. The van der Waals surface area contributed by atoms with Crippen LogP contribution in [0.15, 0.2) is 24.3 Å². The number of hydrogen-bond donors (Lipinski definition) is 1. The molecule has 1 fully saturated rings. The van der Waals surface area contributed by atoms with E-state index in [0.717, 1.165) is 25.0 Å². The van der Waals surface area contributed by atoms with E-state index in [9.17, 15) is 4.79 Å². The third-order valence-corrected chi connectivity index (χ3v) is 2.88. The standard InChI is InChI=1S/C14H19NO2/c1-2-11-5-3-4-6-13(11)17-10-9-14(16)15-12-7-8-12/h3-6,12H,2,7-10H2,1H3,(H,15,16). The zero-order valence-electron chi connectivity index (χ0n) is 10.2. The summed E-state index contributed by atoms with van der Waals surface area (Å²) in [6.45, 7) is 2.55. The summed E-state index contributed by atoms with van der Waals surface area (Å²) in [6, 6.07) is 8.41. The summed E-state index contributed by atoms with van der Waals surface area (Å²) < 4.78 is 5.64. The lowest BCUT2D eigenvalue weighted by molar-refractivity contribution is -0.121. The topological polar surface area (TPSA) is 38.3 Å². The Balaban J connectivity index is 1.74. The Hall–Kier alpha value is -1.51. The van der Waals surface area contributed by atoms with Crippen molar-refractivity contribution in [1.82, 2.24) is 5.32 Å². The first-order chi connectivity index (χ1) is 8.29. The minimum atomic E-state index is 0.0986. The van der Waals surface area contributed by atoms with E-state index < -0.39 is 0 Å². The molecule has 0 bridgehead atoms. The Morgan fingerprint density at radius 3 is 2.88 bits per heavy atom. The van der Waals surface area contributed by atoms with E-state index in [1.165, 1.54) is 5.56 Å². The molecule has 1 aliphatic rings. The van der Waals surface area contributed by atoms with Gasteiger partial charge in [0.25, 0.3) is 0 Å². The molecule has 1 aromatic carbocycles. The third kappa shape index (κ3) is 3.77. The minimum Gasteiger partial charge on any atom is -0.493 e. The molecular formula is C14H19NO2. The van der Waals surface area contributed by atoms with E-state index in [2.05, 4.69) is 18.3 Å². The van der Waals surface area contributed by atoms with Gasteiger partial charge in [-0.05, 0) is 30.9 Å². The maximum atomic E-state index is 11.4. The van der Waals surface area contributed by atoms with Crippen molar-refractivity contribution in [3.05, 3.63) is 29.8 Å². The quantitative estimate of drug-likeness (QED) is 0.818. The van der Waals surface area contributed by atoms with Crippen LogP contribution in [0.5, 0.6) is 5.75 Å². The molecule has 1 saturated carbocycles. The molecule has 0 aliphatic heterocycles. The SMILES string of the molecule is CCc1ccccc1OCCC(=O)NC1CC1. The second kappa shape index (κ2) is 5.71. The lowest BCUT2D eigenvalue weighted by atomic mass is 10.1. The van der Waals surface area contributed by atoms with Gasteiger partial charge < -0.3 is 10.1 Å². The first-order valence-electron chi connectivity index (χ1n) is 6.29. The molecule has 0 unspecified atom stereocenters. The first-order valence-corrected chi connectivity index (χ1v) is 6.29. The van der Waals surface area contributed by atoms with Crippen LogP contribution in [-0.2, 0) is 11.2 Å². The normalized spacial score (nSPS) is 14.4. The van der Waals surface area contributed by atoms with Gasteiger partial charge in [0.2, 0.25) is 5.91 Å². The zero-order valence-corrected chi connectivity index (χ0v) is 10.2. The summed E-state index contributed by atoms with van der Waals surface area (Å²) in [5, 5.41) is 2.95. The van der Waals surface area contributed by atoms with Crippen molar-refractivity contribution in [1.29, 1.82) is 0 Å². The summed E-state index contributed by atoms with van der Waals surface area (Å²) in [5.74, 6) is 0.996. The van der Waals surface area contributed by atoms with Crippen molar-refractivity contribution >= 4 is 5.91 Å². The van der Waals surface area contributed by atoms with Crippen LogP contribution < -0.4 is 10.1 Å². The van der Waals surface area contributed by atoms with Crippen LogP contribution in [0.1, 0.15) is 31.7 Å². The molecule has 1 aliphatic carbocycles. The van der Waals surface area contributed by atoms with Crippen molar-refractivity contribution in [2.45, 2.75) is 38.6 Å². The van der Waals surface area contributed by atoms with Gasteiger partial charge in [0, 0.05) is 6.04 Å². The number of aryl methyl sites for hydroxylation is 1. The predicted octanol–water partition coefficient (Wildman–Crippen LogP) is 2.30. The molecule has 3 heteroatoms. The molecule has 1 N–H and O–H groups in total. The number of rotatable bonds is 6. The second-order valence-electron chi connectivity index (χ2n) is 4.40. The van der Waals surface area contributed by atoms with E-state index in [1.807, 2.05) is 18.2 Å². The van der Waals surface area contributed by atoms with Crippen molar-refractivity contribution in [2.24, 2.45) is 0 Å². The monoisotopic (exact) mass is 233 g/mol. The lowest BCUT2D eigenvalue weighted by Gasteiger charge is -2.10. The number of benzene rings is 1. The molecule has 0 atom stereocenters. The maximum absolute atomic E-state index is 11.4. The highest BCUT2D eigenvalue weighted by atomic mass is 16.5. The summed E-state index contributed by atoms with van der Waals surface area (Å²) in [5.41, 5.74) is 1.19. The van der Waals surface area contributed by atoms with E-state index in [1.54, 1.807) is 0 Å². The average molecular weight is 233 g/mol. The van der Waals surface area contributed by atoms with Crippen LogP contribution in [0.4, 0.5) is 0 Å². The van der Waals surface area contributed by atoms with E-state index in [4.69, 9.17) is 4.74 Å². The van der Waals surface area contributed by atoms with Crippen molar-refractivity contribution in [3.8, 4) is 5.75 Å². The fourth-order valence-corrected chi connectivity index (χ4v) is 1.72. The number of carbonyl (C=O) groups is 1.